The van der Waals surface area contributed by atoms with Crippen LogP contribution in [0.15, 0.2) is 97.1 Å². The molecule has 0 aliphatic heterocycles. The van der Waals surface area contributed by atoms with E-state index in [2.05, 4.69) is 110 Å². The van der Waals surface area contributed by atoms with Crippen molar-refractivity contribution < 1.29 is 41.5 Å². The molecule has 202 valence electrons. The number of hydrogen-bond acceptors (Lipinski definition) is 2. The van der Waals surface area contributed by atoms with Gasteiger partial charge < -0.3 is 10.2 Å². The Hall–Kier alpha value is -3.51. The largest absolute Gasteiger partial charge is 2.00 e. The van der Waals surface area contributed by atoms with E-state index in [0.29, 0.717) is 0 Å². The average molecular weight is 583 g/mol. The predicted octanol–water partition coefficient (Wildman–Crippen LogP) is 7.52. The first-order valence-electron chi connectivity index (χ1n) is 13.3. The van der Waals surface area contributed by atoms with E-state index >= 15 is 0 Å². The number of aliphatic carboxylic acids is 2. The fourth-order valence-electron chi connectivity index (χ4n) is 5.19. The van der Waals surface area contributed by atoms with Crippen molar-refractivity contribution in [3.63, 3.8) is 0 Å². The topological polar surface area (TPSA) is 74.6 Å². The maximum atomic E-state index is 9.37. The Kier molecular flexibility index (Phi) is 10.3. The van der Waals surface area contributed by atoms with Gasteiger partial charge in [0.05, 0.1) is 0 Å². The molecule has 0 aliphatic rings. The molecule has 0 bridgehead atoms. The van der Waals surface area contributed by atoms with Gasteiger partial charge in [-0.1, -0.05) is 99.7 Å². The van der Waals surface area contributed by atoms with E-state index in [9.17, 15) is 9.59 Å². The molecule has 0 spiro atoms. The third-order valence-electron chi connectivity index (χ3n) is 7.27. The van der Waals surface area contributed by atoms with E-state index in [1.54, 1.807) is 13.8 Å². The Morgan fingerprint density at radius 2 is 0.925 bits per heavy atom. The minimum atomic E-state index is -1.91. The Morgan fingerprint density at radius 1 is 0.600 bits per heavy atom. The van der Waals surface area contributed by atoms with Crippen LogP contribution in [0, 0.1) is 0 Å². The van der Waals surface area contributed by atoms with Crippen LogP contribution in [-0.2, 0) is 31.3 Å². The smallest absolute Gasteiger partial charge is 0.481 e. The first kappa shape index (κ1) is 31.0. The molecule has 4 nitrogen and oxygen atoms in total. The summed E-state index contributed by atoms with van der Waals surface area (Å²) in [6.45, 7) is 8.21. The fourth-order valence-corrected chi connectivity index (χ4v) is 8.27. The third kappa shape index (κ3) is 6.28. The van der Waals surface area contributed by atoms with Gasteiger partial charge in [0, 0.05) is 20.9 Å². The minimum absolute atomic E-state index is 0. The quantitative estimate of drug-likeness (QED) is 0.167. The van der Waals surface area contributed by atoms with Crippen LogP contribution in [0.3, 0.4) is 0 Å². The second-order valence-electron chi connectivity index (χ2n) is 10.1. The Bertz CT molecular complexity index is 1650. The van der Waals surface area contributed by atoms with Crippen LogP contribution in [0.2, 0.25) is 13.1 Å². The first-order valence-corrected chi connectivity index (χ1v) is 16.3. The molecule has 6 aromatic carbocycles. The number of fused-ring (bicyclic) bond motifs is 6. The molecular weight excluding hydrogens is 548 g/mol. The average Bonchev–Trinajstić information content (AvgIpc) is 3.52. The molecular formula is C34H34O4SiTi. The number of carboxylic acids is 2. The van der Waals surface area contributed by atoms with Crippen molar-refractivity contribution in [2.75, 3.05) is 0 Å². The van der Waals surface area contributed by atoms with E-state index in [1.807, 2.05) is 0 Å². The van der Waals surface area contributed by atoms with Crippen LogP contribution >= 0.6 is 0 Å². The normalized spacial score (nSPS) is 10.9. The van der Waals surface area contributed by atoms with Gasteiger partial charge in [0.1, 0.15) is 0 Å². The summed E-state index contributed by atoms with van der Waals surface area (Å²) in [5, 5.41) is 29.6. The van der Waals surface area contributed by atoms with Crippen molar-refractivity contribution >= 4 is 73.5 Å². The predicted molar refractivity (Wildman–Crippen MR) is 167 cm³/mol. The summed E-state index contributed by atoms with van der Waals surface area (Å²) in [5.74, 6) is -1.49. The van der Waals surface area contributed by atoms with Gasteiger partial charge in [0.25, 0.3) is 0 Å². The molecule has 6 aromatic rings. The molecule has 40 heavy (non-hydrogen) atoms. The van der Waals surface area contributed by atoms with E-state index in [-0.39, 0.29) is 34.6 Å². The van der Waals surface area contributed by atoms with Gasteiger partial charge in [0.2, 0.25) is 0 Å². The molecule has 0 aromatic heterocycles. The first-order chi connectivity index (χ1) is 18.7. The molecule has 0 saturated heterocycles. The van der Waals surface area contributed by atoms with Crippen molar-refractivity contribution in [3.05, 3.63) is 97.1 Å². The SMILES string of the molecule is CCC(=O)O.CCC(=O)O.C[Si](C)(c1cccc2c1[cH-]c1ccccc12)c1cccc2c1[cH-]c1ccccc12.[Ti+2]. The molecule has 2 N–H and O–H groups in total. The molecule has 0 aliphatic carbocycles. The zero-order valence-corrected chi connectivity index (χ0v) is 25.9. The summed E-state index contributed by atoms with van der Waals surface area (Å²) in [6, 6.07) is 36.1. The van der Waals surface area contributed by atoms with Gasteiger partial charge in [-0.15, -0.1) is 77.7 Å². The van der Waals surface area contributed by atoms with E-state index in [0.717, 1.165) is 0 Å². The van der Waals surface area contributed by atoms with Gasteiger partial charge in [0.15, 0.2) is 0 Å². The maximum absolute atomic E-state index is 9.37. The van der Waals surface area contributed by atoms with Gasteiger partial charge >= 0.3 is 33.7 Å². The molecule has 0 unspecified atom stereocenters. The van der Waals surface area contributed by atoms with Gasteiger partial charge in [-0.05, 0) is 0 Å². The van der Waals surface area contributed by atoms with Crippen LogP contribution in [0.1, 0.15) is 26.7 Å². The summed E-state index contributed by atoms with van der Waals surface area (Å²) in [5.41, 5.74) is 0. The molecule has 0 atom stereocenters. The van der Waals surface area contributed by atoms with Gasteiger partial charge in [-0.2, -0.15) is 0 Å². The number of carboxylic acid groups (broad SMARTS) is 2. The number of rotatable bonds is 4. The molecule has 0 fully saturated rings. The summed E-state index contributed by atoms with van der Waals surface area (Å²) in [7, 11) is -1.91. The second kappa shape index (κ2) is 13.2. The van der Waals surface area contributed by atoms with E-state index in [1.165, 1.54) is 53.5 Å². The Balaban J connectivity index is 0.000000349. The van der Waals surface area contributed by atoms with Crippen molar-refractivity contribution in [1.82, 2.24) is 0 Å². The van der Waals surface area contributed by atoms with E-state index < -0.39 is 20.0 Å². The van der Waals surface area contributed by atoms with Crippen molar-refractivity contribution in [1.29, 1.82) is 0 Å². The minimum Gasteiger partial charge on any atom is -0.481 e. The second-order valence-corrected chi connectivity index (χ2v) is 14.4. The van der Waals surface area contributed by atoms with Crippen LogP contribution in [0.4, 0.5) is 0 Å². The standard InChI is InChI=1S/C28H22Si.2C3H6O2.Ti/c1-29(2,27-15-7-13-23-21-11-5-3-9-19(21)17-25(23)27)28-16-8-14-24-22-12-6-4-10-20(22)18-26(24)28;2*1-2-3(4)5;/h3-18H,1-2H3;2*2H2,1H3,(H,4,5);/q-2;;;+2. The van der Waals surface area contributed by atoms with Crippen LogP contribution in [0.5, 0.6) is 0 Å². The number of benzene rings is 4. The van der Waals surface area contributed by atoms with E-state index in [4.69, 9.17) is 10.2 Å². The molecule has 0 heterocycles. The van der Waals surface area contributed by atoms with Crippen LogP contribution < -0.4 is 10.4 Å². The maximum Gasteiger partial charge on any atom is 2.00 e. The van der Waals surface area contributed by atoms with Gasteiger partial charge in [-0.25, -0.2) is 0 Å². The number of hydrogen-bond donors (Lipinski definition) is 2. The molecule has 0 radical (unpaired) electrons. The van der Waals surface area contributed by atoms with Crippen LogP contribution in [0.25, 0.3) is 43.1 Å². The van der Waals surface area contributed by atoms with Crippen molar-refractivity contribution in [3.8, 4) is 0 Å². The van der Waals surface area contributed by atoms with Gasteiger partial charge in [-0.3, -0.25) is 9.59 Å². The van der Waals surface area contributed by atoms with Crippen molar-refractivity contribution in [2.45, 2.75) is 39.8 Å². The number of carbonyl (C=O) groups is 2. The summed E-state index contributed by atoms with van der Waals surface area (Å²) in [6.07, 6.45) is 0.444. The van der Waals surface area contributed by atoms with Crippen molar-refractivity contribution in [2.24, 2.45) is 0 Å². The summed E-state index contributed by atoms with van der Waals surface area (Å²) < 4.78 is 0. The summed E-state index contributed by atoms with van der Waals surface area (Å²) >= 11 is 0. The molecule has 0 saturated carbocycles. The zero-order chi connectivity index (χ0) is 28.2. The van der Waals surface area contributed by atoms with Crippen LogP contribution in [-0.4, -0.2) is 30.2 Å². The monoisotopic (exact) mass is 582 g/mol. The molecule has 6 rings (SSSR count). The fraction of sp³-hybridized carbons (Fsp3) is 0.176. The third-order valence-corrected chi connectivity index (χ3v) is 10.8. The molecule has 0 amide bonds. The molecule has 6 heteroatoms. The summed E-state index contributed by atoms with van der Waals surface area (Å²) in [4.78, 5) is 18.7. The Labute approximate surface area is 250 Å². The Morgan fingerprint density at radius 3 is 1.27 bits per heavy atom. The zero-order valence-electron chi connectivity index (χ0n) is 23.4.